The van der Waals surface area contributed by atoms with Crippen LogP contribution in [-0.4, -0.2) is 36.8 Å². The Labute approximate surface area is 209 Å². The van der Waals surface area contributed by atoms with E-state index < -0.39 is 25.5 Å². The molecule has 35 heavy (non-hydrogen) atoms. The Morgan fingerprint density at radius 3 is 1.89 bits per heavy atom. The maximum absolute atomic E-state index is 13.3. The molecular weight excluding hydrogens is 485 g/mol. The van der Waals surface area contributed by atoms with Crippen molar-refractivity contribution in [1.29, 1.82) is 0 Å². The van der Waals surface area contributed by atoms with Gasteiger partial charge in [-0.2, -0.15) is 0 Å². The number of hydrogen-bond donors (Lipinski definition) is 0. The van der Waals surface area contributed by atoms with Crippen molar-refractivity contribution in [2.75, 3.05) is 19.4 Å². The average Bonchev–Trinajstić information content (AvgIpc) is 2.88. The van der Waals surface area contributed by atoms with Crippen molar-refractivity contribution >= 4 is 36.8 Å². The number of nitrogens with zero attached hydrogens (tertiary/aromatic N) is 1. The molecule has 0 aliphatic rings. The van der Waals surface area contributed by atoms with Crippen molar-refractivity contribution in [2.45, 2.75) is 23.6 Å². The molecule has 0 bridgehead atoms. The summed E-state index contributed by atoms with van der Waals surface area (Å²) in [6.45, 7) is 3.58. The zero-order valence-electron chi connectivity index (χ0n) is 19.5. The summed E-state index contributed by atoms with van der Waals surface area (Å²) >= 11 is 1.56. The highest BCUT2D eigenvalue weighted by Crippen LogP contribution is 2.48. The van der Waals surface area contributed by atoms with Crippen LogP contribution in [0.15, 0.2) is 99.9 Å². The second-order valence-electron chi connectivity index (χ2n) is 7.16. The first-order valence-corrected chi connectivity index (χ1v) is 13.6. The summed E-state index contributed by atoms with van der Waals surface area (Å²) in [5, 5.41) is 3.80. The van der Waals surface area contributed by atoms with E-state index in [0.717, 1.165) is 9.79 Å². The van der Waals surface area contributed by atoms with Gasteiger partial charge in [0.25, 0.3) is 0 Å². The molecule has 0 unspecified atom stereocenters. The van der Waals surface area contributed by atoms with Crippen LogP contribution in [0.3, 0.4) is 0 Å². The van der Waals surface area contributed by atoms with Crippen molar-refractivity contribution in [1.82, 2.24) is 0 Å². The van der Waals surface area contributed by atoms with E-state index in [-0.39, 0.29) is 24.5 Å². The van der Waals surface area contributed by atoms with Crippen LogP contribution in [-0.2, 0) is 18.5 Å². The summed E-state index contributed by atoms with van der Waals surface area (Å²) in [6.07, 6.45) is -0.434. The Kier molecular flexibility index (Phi) is 9.99. The number of rotatable bonds is 12. The number of carbonyl (C=O) groups excluding carboxylic acids is 2. The lowest BCUT2D eigenvalue weighted by molar-refractivity contribution is 0.0515. The zero-order valence-corrected chi connectivity index (χ0v) is 21.2. The first-order valence-electron chi connectivity index (χ1n) is 11.0. The van der Waals surface area contributed by atoms with Gasteiger partial charge in [-0.1, -0.05) is 53.3 Å². The van der Waals surface area contributed by atoms with Crippen molar-refractivity contribution in [3.05, 3.63) is 96.1 Å². The van der Waals surface area contributed by atoms with E-state index >= 15 is 0 Å². The van der Waals surface area contributed by atoms with Crippen molar-refractivity contribution in [2.24, 2.45) is 5.16 Å². The third-order valence-corrected chi connectivity index (χ3v) is 7.61. The van der Waals surface area contributed by atoms with Gasteiger partial charge in [0.15, 0.2) is 0 Å². The highest BCUT2D eigenvalue weighted by Gasteiger charge is 2.31. The number of ketones is 1. The molecule has 0 heterocycles. The smallest absolute Gasteiger partial charge is 0.312 e. The Hall–Kier alpha value is -3.03. The number of hydrogen-bond acceptors (Lipinski definition) is 8. The molecule has 0 spiro atoms. The summed E-state index contributed by atoms with van der Waals surface area (Å²) in [4.78, 5) is 32.7. The number of carbonyl (C=O) groups is 2. The second kappa shape index (κ2) is 13.2. The predicted molar refractivity (Wildman–Crippen MR) is 136 cm³/mol. The predicted octanol–water partition coefficient (Wildman–Crippen LogP) is 6.50. The van der Waals surface area contributed by atoms with Crippen LogP contribution in [0.4, 0.5) is 0 Å². The summed E-state index contributed by atoms with van der Waals surface area (Å²) < 4.78 is 23.7. The fraction of sp³-hybridized carbons (Fsp3) is 0.192. The zero-order chi connectivity index (χ0) is 25.1. The van der Waals surface area contributed by atoms with Gasteiger partial charge in [0.05, 0.1) is 24.9 Å². The molecular formula is C26H26NO6PS. The normalized spacial score (nSPS) is 11.8. The molecule has 3 rings (SSSR count). The third-order valence-electron chi connectivity index (χ3n) is 4.60. The van der Waals surface area contributed by atoms with Crippen LogP contribution in [0, 0.1) is 0 Å². The van der Waals surface area contributed by atoms with Crippen molar-refractivity contribution in [3.8, 4) is 0 Å². The van der Waals surface area contributed by atoms with E-state index in [1.807, 2.05) is 42.5 Å². The van der Waals surface area contributed by atoms with Gasteiger partial charge < -0.3 is 13.9 Å². The Bertz CT molecular complexity index is 1190. The van der Waals surface area contributed by atoms with E-state index in [1.54, 1.807) is 68.1 Å². The minimum atomic E-state index is -3.68. The molecule has 9 heteroatoms. The Morgan fingerprint density at radius 2 is 1.31 bits per heavy atom. The molecule has 3 aromatic carbocycles. The molecule has 0 N–H and O–H groups in total. The van der Waals surface area contributed by atoms with Crippen LogP contribution in [0.2, 0.25) is 0 Å². The van der Waals surface area contributed by atoms with Gasteiger partial charge in [0.2, 0.25) is 5.78 Å². The monoisotopic (exact) mass is 511 g/mol. The molecule has 0 radical (unpaired) electrons. The van der Waals surface area contributed by atoms with Gasteiger partial charge in [0, 0.05) is 15.4 Å². The summed E-state index contributed by atoms with van der Waals surface area (Å²) in [7, 11) is -3.68. The van der Waals surface area contributed by atoms with Crippen LogP contribution in [0.25, 0.3) is 0 Å². The van der Waals surface area contributed by atoms with E-state index in [9.17, 15) is 14.2 Å². The van der Waals surface area contributed by atoms with E-state index in [2.05, 4.69) is 5.16 Å². The Morgan fingerprint density at radius 1 is 0.771 bits per heavy atom. The van der Waals surface area contributed by atoms with Crippen LogP contribution < -0.4 is 0 Å². The van der Waals surface area contributed by atoms with E-state index in [4.69, 9.17) is 13.9 Å². The highest BCUT2D eigenvalue weighted by atomic mass is 32.2. The van der Waals surface area contributed by atoms with Crippen molar-refractivity contribution in [3.63, 3.8) is 0 Å². The van der Waals surface area contributed by atoms with Gasteiger partial charge in [-0.25, -0.2) is 4.79 Å². The van der Waals surface area contributed by atoms with Gasteiger partial charge in [-0.3, -0.25) is 9.36 Å². The average molecular weight is 512 g/mol. The van der Waals surface area contributed by atoms with Gasteiger partial charge in [0.1, 0.15) is 5.71 Å². The molecule has 0 atom stereocenters. The molecule has 0 aromatic heterocycles. The van der Waals surface area contributed by atoms with Crippen LogP contribution >= 0.6 is 19.4 Å². The molecule has 0 saturated heterocycles. The lowest BCUT2D eigenvalue weighted by atomic mass is 10.1. The first kappa shape index (κ1) is 26.6. The number of Topliss-reactive ketones (excluding diaryl/α,β-unsaturated/α-hetero) is 1. The fourth-order valence-corrected chi connectivity index (χ4v) is 5.49. The first-order chi connectivity index (χ1) is 16.9. The quantitative estimate of drug-likeness (QED) is 0.0901. The van der Waals surface area contributed by atoms with Gasteiger partial charge in [-0.05, 0) is 62.4 Å². The summed E-state index contributed by atoms with van der Waals surface area (Å²) in [6, 6.07) is 25.0. The van der Waals surface area contributed by atoms with Gasteiger partial charge in [-0.15, -0.1) is 0 Å². The largest absolute Gasteiger partial charge is 0.365 e. The summed E-state index contributed by atoms with van der Waals surface area (Å²) in [5.41, 5.74) is 0.336. The topological polar surface area (TPSA) is 91.3 Å². The molecule has 0 fully saturated rings. The Balaban J connectivity index is 1.84. The van der Waals surface area contributed by atoms with Crippen LogP contribution in [0.1, 0.15) is 34.6 Å². The molecule has 0 aliphatic heterocycles. The second-order valence-corrected chi connectivity index (χ2v) is 10.4. The summed E-state index contributed by atoms with van der Waals surface area (Å²) in [5.74, 6) is -1.28. The molecule has 0 amide bonds. The highest BCUT2D eigenvalue weighted by molar-refractivity contribution is 7.99. The maximum atomic E-state index is 13.3. The lowest BCUT2D eigenvalue weighted by Gasteiger charge is -2.17. The molecule has 3 aromatic rings. The minimum absolute atomic E-state index is 0.119. The lowest BCUT2D eigenvalue weighted by Crippen LogP contribution is -2.21. The van der Waals surface area contributed by atoms with E-state index in [1.165, 1.54) is 0 Å². The molecule has 7 nitrogen and oxygen atoms in total. The number of benzene rings is 3. The van der Waals surface area contributed by atoms with Gasteiger partial charge >= 0.3 is 13.6 Å². The standard InChI is InChI=1S/C26H26NO6PS/c1-3-31-34(30,32-4-2)19-24(27-33-26(29)21-11-7-5-8-12-21)25(28)20-15-17-23(18-16-20)35-22-13-9-6-10-14-22/h5-18H,3-4,19H2,1-2H3/b27-24+. The third kappa shape index (κ3) is 8.01. The fourth-order valence-electron chi connectivity index (χ4n) is 3.04. The van der Waals surface area contributed by atoms with Crippen molar-refractivity contribution < 1.29 is 28.0 Å². The SMILES string of the molecule is CCOP(=O)(C/C(=N\OC(=O)c1ccccc1)C(=O)c1ccc(Sc2ccccc2)cc1)OCC. The molecule has 182 valence electrons. The minimum Gasteiger partial charge on any atom is -0.312 e. The molecule has 0 aliphatic carbocycles. The van der Waals surface area contributed by atoms with Crippen LogP contribution in [0.5, 0.6) is 0 Å². The molecule has 0 saturated carbocycles. The number of oxime groups is 1. The maximum Gasteiger partial charge on any atom is 0.365 e. The van der Waals surface area contributed by atoms with E-state index in [0.29, 0.717) is 5.56 Å².